The van der Waals surface area contributed by atoms with Crippen molar-refractivity contribution in [2.24, 2.45) is 11.7 Å². The molecule has 2 rings (SSSR count). The average molecular weight is 356 g/mol. The number of halogens is 1. The standard InChI is InChI=1S/C11H17N3O4S2.ClH/c1-18-10(15)9-11(19-6-13-9)20(16,17)14-8-4-2-3-7(8)5-12;/h6-8,14H,2-5,12H2,1H3;1H. The summed E-state index contributed by atoms with van der Waals surface area (Å²) in [6, 6.07) is -0.183. The Hall–Kier alpha value is -0.740. The van der Waals surface area contributed by atoms with Gasteiger partial charge in [0.05, 0.1) is 12.6 Å². The summed E-state index contributed by atoms with van der Waals surface area (Å²) < 4.78 is 31.8. The summed E-state index contributed by atoms with van der Waals surface area (Å²) in [5.41, 5.74) is 6.78. The number of hydrogen-bond acceptors (Lipinski definition) is 7. The number of sulfonamides is 1. The highest BCUT2D eigenvalue weighted by Gasteiger charge is 2.33. The van der Waals surface area contributed by atoms with Gasteiger partial charge in [0.15, 0.2) is 9.90 Å². The molecule has 1 saturated carbocycles. The van der Waals surface area contributed by atoms with Gasteiger partial charge in [-0.15, -0.1) is 23.7 Å². The van der Waals surface area contributed by atoms with E-state index in [0.29, 0.717) is 6.54 Å². The normalized spacial score (nSPS) is 21.8. The topological polar surface area (TPSA) is 111 Å². The highest BCUT2D eigenvalue weighted by molar-refractivity contribution is 7.91. The zero-order valence-electron chi connectivity index (χ0n) is 11.4. The average Bonchev–Trinajstić information content (AvgIpc) is 3.05. The summed E-state index contributed by atoms with van der Waals surface area (Å²) in [6.45, 7) is 0.444. The Kier molecular flexibility index (Phi) is 6.54. The molecule has 2 atom stereocenters. The molecule has 1 aliphatic carbocycles. The van der Waals surface area contributed by atoms with E-state index in [1.807, 2.05) is 0 Å². The van der Waals surface area contributed by atoms with Gasteiger partial charge in [0, 0.05) is 6.04 Å². The number of methoxy groups -OCH3 is 1. The fraction of sp³-hybridized carbons (Fsp3) is 0.636. The minimum Gasteiger partial charge on any atom is -0.464 e. The van der Waals surface area contributed by atoms with Crippen molar-refractivity contribution >= 4 is 39.7 Å². The Morgan fingerprint density at radius 1 is 1.57 bits per heavy atom. The smallest absolute Gasteiger partial charge is 0.358 e. The number of hydrogen-bond donors (Lipinski definition) is 2. The Morgan fingerprint density at radius 2 is 2.29 bits per heavy atom. The van der Waals surface area contributed by atoms with Crippen LogP contribution in [0.15, 0.2) is 9.72 Å². The molecule has 0 spiro atoms. The van der Waals surface area contributed by atoms with Crippen LogP contribution in [0.2, 0.25) is 0 Å². The van der Waals surface area contributed by atoms with E-state index >= 15 is 0 Å². The van der Waals surface area contributed by atoms with Crippen LogP contribution in [-0.2, 0) is 14.8 Å². The molecule has 1 aliphatic rings. The van der Waals surface area contributed by atoms with Crippen LogP contribution in [0.1, 0.15) is 29.8 Å². The van der Waals surface area contributed by atoms with Crippen LogP contribution in [0.5, 0.6) is 0 Å². The maximum Gasteiger partial charge on any atom is 0.358 e. The van der Waals surface area contributed by atoms with Gasteiger partial charge >= 0.3 is 5.97 Å². The summed E-state index contributed by atoms with van der Waals surface area (Å²) in [5.74, 6) is -0.618. The van der Waals surface area contributed by atoms with Crippen LogP contribution in [0.4, 0.5) is 0 Å². The Morgan fingerprint density at radius 3 is 2.90 bits per heavy atom. The number of ether oxygens (including phenoxy) is 1. The highest BCUT2D eigenvalue weighted by Crippen LogP contribution is 2.28. The third kappa shape index (κ3) is 3.92. The van der Waals surface area contributed by atoms with E-state index in [2.05, 4.69) is 14.4 Å². The number of aromatic nitrogens is 1. The van der Waals surface area contributed by atoms with E-state index in [1.165, 1.54) is 12.6 Å². The molecule has 0 aromatic carbocycles. The lowest BCUT2D eigenvalue weighted by atomic mass is 10.1. The van der Waals surface area contributed by atoms with Crippen LogP contribution in [-0.4, -0.2) is 39.1 Å². The summed E-state index contributed by atoms with van der Waals surface area (Å²) in [5, 5.41) is 0. The van der Waals surface area contributed by atoms with Crippen LogP contribution in [0, 0.1) is 5.92 Å². The number of nitrogens with one attached hydrogen (secondary N) is 1. The number of nitrogens with zero attached hydrogens (tertiary/aromatic N) is 1. The number of nitrogens with two attached hydrogens (primary N) is 1. The second-order valence-electron chi connectivity index (χ2n) is 4.63. The first-order valence-electron chi connectivity index (χ1n) is 6.23. The van der Waals surface area contributed by atoms with Crippen molar-refractivity contribution in [3.8, 4) is 0 Å². The molecule has 120 valence electrons. The maximum absolute atomic E-state index is 12.4. The van der Waals surface area contributed by atoms with Gasteiger partial charge in [-0.3, -0.25) is 0 Å². The molecule has 0 saturated heterocycles. The molecule has 0 aliphatic heterocycles. The number of rotatable bonds is 5. The first kappa shape index (κ1) is 18.3. The van der Waals surface area contributed by atoms with Gasteiger partial charge < -0.3 is 10.5 Å². The molecule has 3 N–H and O–H groups in total. The van der Waals surface area contributed by atoms with Gasteiger partial charge in [-0.05, 0) is 25.3 Å². The molecule has 1 fully saturated rings. The molecule has 1 heterocycles. The highest BCUT2D eigenvalue weighted by atomic mass is 35.5. The number of thiazole rings is 1. The van der Waals surface area contributed by atoms with Gasteiger partial charge in [-0.2, -0.15) is 0 Å². The lowest BCUT2D eigenvalue weighted by Gasteiger charge is -2.18. The Bertz CT molecular complexity index is 590. The lowest BCUT2D eigenvalue weighted by molar-refractivity contribution is 0.0590. The Balaban J connectivity index is 0.00000220. The molecule has 1 aromatic heterocycles. The molecular weight excluding hydrogens is 338 g/mol. The molecule has 1 aromatic rings. The molecule has 0 bridgehead atoms. The van der Waals surface area contributed by atoms with Crippen molar-refractivity contribution in [3.63, 3.8) is 0 Å². The summed E-state index contributed by atoms with van der Waals surface area (Å²) in [4.78, 5) is 15.3. The second-order valence-corrected chi connectivity index (χ2v) is 7.40. The summed E-state index contributed by atoms with van der Waals surface area (Å²) in [7, 11) is -2.59. The minimum atomic E-state index is -3.78. The van der Waals surface area contributed by atoms with E-state index in [1.54, 1.807) is 0 Å². The lowest BCUT2D eigenvalue weighted by Crippen LogP contribution is -2.40. The number of esters is 1. The zero-order chi connectivity index (χ0) is 14.8. The van der Waals surface area contributed by atoms with E-state index in [0.717, 1.165) is 30.6 Å². The van der Waals surface area contributed by atoms with Crippen LogP contribution >= 0.6 is 23.7 Å². The van der Waals surface area contributed by atoms with Crippen molar-refractivity contribution in [1.29, 1.82) is 0 Å². The SMILES string of the molecule is COC(=O)c1ncsc1S(=O)(=O)NC1CCCC1CN.Cl. The summed E-state index contributed by atoms with van der Waals surface area (Å²) >= 11 is 0.899. The van der Waals surface area contributed by atoms with Gasteiger partial charge in [0.2, 0.25) is 0 Å². The molecular formula is C11H18ClN3O4S2. The fourth-order valence-electron chi connectivity index (χ4n) is 2.39. The third-order valence-electron chi connectivity index (χ3n) is 3.43. The van der Waals surface area contributed by atoms with Crippen molar-refractivity contribution in [2.45, 2.75) is 29.5 Å². The predicted octanol–water partition coefficient (Wildman–Crippen LogP) is 0.757. The van der Waals surface area contributed by atoms with Crippen molar-refractivity contribution < 1.29 is 17.9 Å². The second kappa shape index (κ2) is 7.50. The van der Waals surface area contributed by atoms with Crippen LogP contribution in [0.3, 0.4) is 0 Å². The maximum atomic E-state index is 12.4. The molecule has 7 nitrogen and oxygen atoms in total. The Labute approximate surface area is 133 Å². The van der Waals surface area contributed by atoms with Crippen LogP contribution in [0.25, 0.3) is 0 Å². The van der Waals surface area contributed by atoms with E-state index in [-0.39, 0.29) is 34.3 Å². The molecule has 0 radical (unpaired) electrons. The van der Waals surface area contributed by atoms with Gasteiger partial charge in [-0.25, -0.2) is 22.9 Å². The van der Waals surface area contributed by atoms with Gasteiger partial charge in [0.1, 0.15) is 0 Å². The quantitative estimate of drug-likeness (QED) is 0.754. The van der Waals surface area contributed by atoms with Gasteiger partial charge in [-0.1, -0.05) is 6.42 Å². The van der Waals surface area contributed by atoms with Gasteiger partial charge in [0.25, 0.3) is 10.0 Å². The first-order chi connectivity index (χ1) is 9.49. The molecule has 21 heavy (non-hydrogen) atoms. The third-order valence-corrected chi connectivity index (χ3v) is 6.29. The fourth-order valence-corrected chi connectivity index (χ4v) is 4.87. The molecule has 2 unspecified atom stereocenters. The van der Waals surface area contributed by atoms with E-state index in [4.69, 9.17) is 5.73 Å². The van der Waals surface area contributed by atoms with Crippen LogP contribution < -0.4 is 10.5 Å². The van der Waals surface area contributed by atoms with E-state index < -0.39 is 16.0 Å². The summed E-state index contributed by atoms with van der Waals surface area (Å²) in [6.07, 6.45) is 2.62. The first-order valence-corrected chi connectivity index (χ1v) is 8.60. The van der Waals surface area contributed by atoms with Crippen molar-refractivity contribution in [3.05, 3.63) is 11.2 Å². The number of carbonyl (C=O) groups is 1. The van der Waals surface area contributed by atoms with E-state index in [9.17, 15) is 13.2 Å². The minimum absolute atomic E-state index is 0. The van der Waals surface area contributed by atoms with Crippen molar-refractivity contribution in [1.82, 2.24) is 9.71 Å². The largest absolute Gasteiger partial charge is 0.464 e. The van der Waals surface area contributed by atoms with Crippen molar-refractivity contribution in [2.75, 3.05) is 13.7 Å². The monoisotopic (exact) mass is 355 g/mol. The molecule has 10 heteroatoms. The predicted molar refractivity (Wildman–Crippen MR) is 81.2 cm³/mol. The zero-order valence-corrected chi connectivity index (χ0v) is 13.9. The number of carbonyl (C=O) groups excluding carboxylic acids is 1. The molecule has 0 amide bonds.